The lowest BCUT2D eigenvalue weighted by molar-refractivity contribution is -0.384. The zero-order chi connectivity index (χ0) is 18.4. The van der Waals surface area contributed by atoms with E-state index >= 15 is 0 Å². The second-order valence-electron chi connectivity index (χ2n) is 5.26. The summed E-state index contributed by atoms with van der Waals surface area (Å²) in [5.41, 5.74) is 7.24. The average Bonchev–Trinajstić information content (AvgIpc) is 2.61. The zero-order valence-corrected chi connectivity index (χ0v) is 14.5. The second kappa shape index (κ2) is 8.29. The summed E-state index contributed by atoms with van der Waals surface area (Å²) in [6.07, 6.45) is 0. The van der Waals surface area contributed by atoms with E-state index in [1.807, 2.05) is 31.2 Å². The van der Waals surface area contributed by atoms with Gasteiger partial charge in [-0.2, -0.15) is 0 Å². The first kappa shape index (κ1) is 18.5. The molecule has 25 heavy (non-hydrogen) atoms. The molecule has 8 heteroatoms. The van der Waals surface area contributed by atoms with E-state index in [9.17, 15) is 14.9 Å². The molecule has 0 amide bonds. The van der Waals surface area contributed by atoms with Gasteiger partial charge in [-0.05, 0) is 38.1 Å². The lowest BCUT2D eigenvalue weighted by Crippen LogP contribution is -2.19. The van der Waals surface area contributed by atoms with Crippen molar-refractivity contribution in [1.29, 1.82) is 0 Å². The number of nitrogens with two attached hydrogens (primary N) is 1. The van der Waals surface area contributed by atoms with Gasteiger partial charge in [-0.15, -0.1) is 11.8 Å². The molecule has 0 aromatic heterocycles. The minimum absolute atomic E-state index is 0.0317. The third kappa shape index (κ3) is 5.32. The van der Waals surface area contributed by atoms with Crippen molar-refractivity contribution in [3.8, 4) is 0 Å². The Labute approximate surface area is 149 Å². The molecule has 0 aliphatic rings. The van der Waals surface area contributed by atoms with Crippen LogP contribution in [-0.4, -0.2) is 22.0 Å². The van der Waals surface area contributed by atoms with Crippen molar-refractivity contribution >= 4 is 29.3 Å². The number of carbonyl (C=O) groups excluding carboxylic acids is 1. The highest BCUT2D eigenvalue weighted by Gasteiger charge is 2.17. The Morgan fingerprint density at radius 3 is 2.36 bits per heavy atom. The standard InChI is InChI=1S/C17H17N3O4S/c1-11-3-9-15(10-4-11)25-12(2)17(21)24-19-16(18)13-5-7-14(8-6-13)20(22)23/h3-10,12H,1-2H3,(H2,18,19). The molecule has 1 unspecified atom stereocenters. The second-order valence-corrected chi connectivity index (χ2v) is 6.68. The summed E-state index contributed by atoms with van der Waals surface area (Å²) in [4.78, 5) is 27.9. The Kier molecular flexibility index (Phi) is 6.13. The molecule has 2 aromatic rings. The van der Waals surface area contributed by atoms with Gasteiger partial charge in [0.15, 0.2) is 5.84 Å². The van der Waals surface area contributed by atoms with E-state index in [1.165, 1.54) is 36.0 Å². The summed E-state index contributed by atoms with van der Waals surface area (Å²) in [6.45, 7) is 3.70. The van der Waals surface area contributed by atoms with Gasteiger partial charge in [-0.3, -0.25) is 10.1 Å². The smallest absolute Gasteiger partial charge is 0.348 e. The monoisotopic (exact) mass is 359 g/mol. The first-order valence-electron chi connectivity index (χ1n) is 7.39. The van der Waals surface area contributed by atoms with Crippen LogP contribution in [0.1, 0.15) is 18.1 Å². The zero-order valence-electron chi connectivity index (χ0n) is 13.7. The highest BCUT2D eigenvalue weighted by molar-refractivity contribution is 8.00. The van der Waals surface area contributed by atoms with Crippen LogP contribution in [0.5, 0.6) is 0 Å². The van der Waals surface area contributed by atoms with Crippen molar-refractivity contribution in [3.63, 3.8) is 0 Å². The highest BCUT2D eigenvalue weighted by Crippen LogP contribution is 2.24. The molecular weight excluding hydrogens is 342 g/mol. The van der Waals surface area contributed by atoms with Gasteiger partial charge >= 0.3 is 5.97 Å². The van der Waals surface area contributed by atoms with Crippen LogP contribution in [-0.2, 0) is 9.63 Å². The molecule has 7 nitrogen and oxygen atoms in total. The Balaban J connectivity index is 1.95. The molecule has 1 atom stereocenters. The van der Waals surface area contributed by atoms with Crippen LogP contribution in [0, 0.1) is 17.0 Å². The van der Waals surface area contributed by atoms with E-state index in [1.54, 1.807) is 6.92 Å². The van der Waals surface area contributed by atoms with E-state index in [4.69, 9.17) is 10.6 Å². The number of carbonyl (C=O) groups is 1. The molecule has 2 N–H and O–H groups in total. The van der Waals surface area contributed by atoms with Crippen molar-refractivity contribution in [2.45, 2.75) is 24.0 Å². The van der Waals surface area contributed by atoms with Crippen molar-refractivity contribution in [2.24, 2.45) is 10.9 Å². The Morgan fingerprint density at radius 2 is 1.80 bits per heavy atom. The van der Waals surface area contributed by atoms with Gasteiger partial charge in [0.2, 0.25) is 0 Å². The van der Waals surface area contributed by atoms with Gasteiger partial charge in [0.1, 0.15) is 5.25 Å². The SMILES string of the molecule is Cc1ccc(SC(C)C(=O)ON=C(N)c2ccc([N+](=O)[O-])cc2)cc1. The maximum atomic E-state index is 12.0. The molecule has 0 fully saturated rings. The van der Waals surface area contributed by atoms with E-state index in [-0.39, 0.29) is 11.5 Å². The lowest BCUT2D eigenvalue weighted by atomic mass is 10.2. The van der Waals surface area contributed by atoms with Crippen LogP contribution < -0.4 is 5.73 Å². The van der Waals surface area contributed by atoms with Crippen LogP contribution in [0.25, 0.3) is 0 Å². The maximum absolute atomic E-state index is 12.0. The largest absolute Gasteiger partial charge is 0.380 e. The van der Waals surface area contributed by atoms with Crippen molar-refractivity contribution in [2.75, 3.05) is 0 Å². The summed E-state index contributed by atoms with van der Waals surface area (Å²) in [7, 11) is 0. The number of thioether (sulfide) groups is 1. The quantitative estimate of drug-likeness (QED) is 0.212. The molecule has 2 rings (SSSR count). The minimum Gasteiger partial charge on any atom is -0.380 e. The highest BCUT2D eigenvalue weighted by atomic mass is 32.2. The molecule has 0 aliphatic carbocycles. The Morgan fingerprint density at radius 1 is 1.20 bits per heavy atom. The summed E-state index contributed by atoms with van der Waals surface area (Å²) < 4.78 is 0. The van der Waals surface area contributed by atoms with Gasteiger partial charge < -0.3 is 10.6 Å². The molecule has 0 heterocycles. The lowest BCUT2D eigenvalue weighted by Gasteiger charge is -2.08. The van der Waals surface area contributed by atoms with E-state index < -0.39 is 16.1 Å². The molecule has 130 valence electrons. The number of hydrogen-bond acceptors (Lipinski definition) is 6. The first-order chi connectivity index (χ1) is 11.9. The third-order valence-electron chi connectivity index (χ3n) is 3.27. The van der Waals surface area contributed by atoms with Crippen molar-refractivity contribution in [1.82, 2.24) is 0 Å². The van der Waals surface area contributed by atoms with Crippen molar-refractivity contribution in [3.05, 3.63) is 69.8 Å². The number of rotatable bonds is 6. The molecule has 0 aliphatic heterocycles. The molecule has 0 bridgehead atoms. The fourth-order valence-corrected chi connectivity index (χ4v) is 2.68. The molecule has 0 radical (unpaired) electrons. The number of hydrogen-bond donors (Lipinski definition) is 1. The summed E-state index contributed by atoms with van der Waals surface area (Å²) >= 11 is 1.35. The number of oxime groups is 1. The Bertz CT molecular complexity index is 789. The number of nitro benzene ring substituents is 1. The van der Waals surface area contributed by atoms with Crippen molar-refractivity contribution < 1.29 is 14.6 Å². The minimum atomic E-state index is -0.532. The van der Waals surface area contributed by atoms with Gasteiger partial charge in [-0.1, -0.05) is 22.9 Å². The van der Waals surface area contributed by atoms with Gasteiger partial charge in [-0.25, -0.2) is 4.79 Å². The summed E-state index contributed by atoms with van der Waals surface area (Å²) in [5, 5.41) is 13.8. The van der Waals surface area contributed by atoms with Crippen LogP contribution in [0.2, 0.25) is 0 Å². The molecule has 0 saturated heterocycles. The van der Waals surface area contributed by atoms with Gasteiger partial charge in [0.05, 0.1) is 4.92 Å². The maximum Gasteiger partial charge on any atom is 0.348 e. The van der Waals surface area contributed by atoms with E-state index in [2.05, 4.69) is 5.16 Å². The number of amidine groups is 1. The molecule has 0 spiro atoms. The summed E-state index contributed by atoms with van der Waals surface area (Å²) in [6, 6.07) is 13.3. The summed E-state index contributed by atoms with van der Waals surface area (Å²) in [5.74, 6) is -0.564. The van der Waals surface area contributed by atoms with Gasteiger partial charge in [0.25, 0.3) is 5.69 Å². The number of nitrogens with zero attached hydrogens (tertiary/aromatic N) is 2. The number of benzene rings is 2. The fraction of sp³-hybridized carbons (Fsp3) is 0.176. The van der Waals surface area contributed by atoms with E-state index in [0.29, 0.717) is 5.56 Å². The van der Waals surface area contributed by atoms with Crippen LogP contribution >= 0.6 is 11.8 Å². The topological polar surface area (TPSA) is 108 Å². The van der Waals surface area contributed by atoms with E-state index in [0.717, 1.165) is 10.5 Å². The molecular formula is C17H17N3O4S. The fourth-order valence-electron chi connectivity index (χ4n) is 1.84. The predicted octanol–water partition coefficient (Wildman–Crippen LogP) is 3.25. The Hall–Kier alpha value is -2.87. The number of aryl methyl sites for hydroxylation is 1. The third-order valence-corrected chi connectivity index (χ3v) is 4.36. The predicted molar refractivity (Wildman–Crippen MR) is 96.4 cm³/mol. The number of non-ortho nitro benzene ring substituents is 1. The van der Waals surface area contributed by atoms with Crippen LogP contribution in [0.15, 0.2) is 58.6 Å². The normalized spacial score (nSPS) is 12.5. The molecule has 0 saturated carbocycles. The van der Waals surface area contributed by atoms with Crippen LogP contribution in [0.3, 0.4) is 0 Å². The van der Waals surface area contributed by atoms with Gasteiger partial charge in [0, 0.05) is 22.6 Å². The first-order valence-corrected chi connectivity index (χ1v) is 8.27. The number of nitro groups is 1. The van der Waals surface area contributed by atoms with Crippen LogP contribution in [0.4, 0.5) is 5.69 Å². The molecule has 2 aromatic carbocycles. The average molecular weight is 359 g/mol.